The van der Waals surface area contributed by atoms with Crippen molar-refractivity contribution in [2.75, 3.05) is 18.5 Å². The molecule has 8 heteroatoms. The molecular weight excluding hydrogens is 323 g/mol. The second kappa shape index (κ2) is 7.57. The van der Waals surface area contributed by atoms with Gasteiger partial charge >= 0.3 is 6.18 Å². The molecule has 5 nitrogen and oxygen atoms in total. The summed E-state index contributed by atoms with van der Waals surface area (Å²) in [6, 6.07) is 6.42. The Kier molecular flexibility index (Phi) is 5.71. The number of ether oxygens (including phenoxy) is 1. The molecule has 1 heterocycles. The van der Waals surface area contributed by atoms with E-state index in [1.165, 1.54) is 12.1 Å². The van der Waals surface area contributed by atoms with Crippen molar-refractivity contribution < 1.29 is 23.0 Å². The van der Waals surface area contributed by atoms with Gasteiger partial charge in [0.2, 0.25) is 0 Å². The summed E-state index contributed by atoms with van der Waals surface area (Å²) >= 11 is 0. The van der Waals surface area contributed by atoms with E-state index in [1.807, 2.05) is 13.8 Å². The first-order valence-electron chi connectivity index (χ1n) is 7.47. The van der Waals surface area contributed by atoms with Gasteiger partial charge in [-0.2, -0.15) is 18.3 Å². The third-order valence-electron chi connectivity index (χ3n) is 3.52. The van der Waals surface area contributed by atoms with E-state index in [0.717, 1.165) is 22.6 Å². The van der Waals surface area contributed by atoms with E-state index in [0.29, 0.717) is 13.1 Å². The van der Waals surface area contributed by atoms with E-state index in [2.05, 4.69) is 15.2 Å². The molecule has 0 unspecified atom stereocenters. The lowest BCUT2D eigenvalue weighted by atomic mass is 10.2. The molecule has 0 saturated heterocycles. The largest absolute Gasteiger partial charge is 0.484 e. The van der Waals surface area contributed by atoms with Gasteiger partial charge in [0.1, 0.15) is 11.6 Å². The summed E-state index contributed by atoms with van der Waals surface area (Å²) in [6.45, 7) is 3.38. The highest BCUT2D eigenvalue weighted by molar-refractivity contribution is 5.47. The molecule has 132 valence electrons. The molecule has 1 aromatic heterocycles. The van der Waals surface area contributed by atoms with E-state index in [9.17, 15) is 13.2 Å². The Morgan fingerprint density at radius 3 is 2.46 bits per heavy atom. The van der Waals surface area contributed by atoms with Crippen LogP contribution in [0, 0.1) is 13.8 Å². The number of nitrogens with zero attached hydrogens (tertiary/aromatic N) is 2. The molecular formula is C16H20F3N3O2. The van der Waals surface area contributed by atoms with Gasteiger partial charge in [-0.15, -0.1) is 0 Å². The average molecular weight is 343 g/mol. The Balaban J connectivity index is 1.98. The summed E-state index contributed by atoms with van der Waals surface area (Å²) in [6.07, 6.45) is -4.35. The molecule has 0 atom stereocenters. The molecule has 0 aliphatic carbocycles. The zero-order valence-corrected chi connectivity index (χ0v) is 13.5. The molecule has 0 aliphatic rings. The van der Waals surface area contributed by atoms with Crippen LogP contribution in [0.5, 0.6) is 5.75 Å². The number of halogens is 3. The van der Waals surface area contributed by atoms with Crippen molar-refractivity contribution in [2.24, 2.45) is 0 Å². The number of aryl methyl sites for hydroxylation is 1. The summed E-state index contributed by atoms with van der Waals surface area (Å²) in [4.78, 5) is 0. The number of anilines is 1. The highest BCUT2D eigenvalue weighted by Gasteiger charge is 2.28. The van der Waals surface area contributed by atoms with Crippen molar-refractivity contribution in [3.05, 3.63) is 41.1 Å². The summed E-state index contributed by atoms with van der Waals surface area (Å²) in [7, 11) is 0. The number of aromatic nitrogens is 2. The van der Waals surface area contributed by atoms with Gasteiger partial charge in [-0.1, -0.05) is 12.1 Å². The first kappa shape index (κ1) is 18.1. The average Bonchev–Trinajstić information content (AvgIpc) is 2.78. The number of alkyl halides is 3. The number of nitrogens with one attached hydrogen (secondary N) is 1. The first-order chi connectivity index (χ1) is 11.3. The van der Waals surface area contributed by atoms with E-state index in [-0.39, 0.29) is 12.4 Å². The van der Waals surface area contributed by atoms with Crippen LogP contribution in [-0.2, 0) is 13.1 Å². The predicted octanol–water partition coefficient (Wildman–Crippen LogP) is 3.05. The Morgan fingerprint density at radius 1 is 1.21 bits per heavy atom. The van der Waals surface area contributed by atoms with Gasteiger partial charge in [0.15, 0.2) is 6.61 Å². The van der Waals surface area contributed by atoms with Crippen LogP contribution >= 0.6 is 0 Å². The molecule has 0 radical (unpaired) electrons. The minimum absolute atomic E-state index is 0.0134. The van der Waals surface area contributed by atoms with Crippen LogP contribution < -0.4 is 10.1 Å². The SMILES string of the molecule is Cc1nn(CCO)c(NCc2ccc(OCC(F)(F)F)cc2)c1C. The Labute approximate surface area is 138 Å². The minimum Gasteiger partial charge on any atom is -0.484 e. The molecule has 2 aromatic rings. The smallest absolute Gasteiger partial charge is 0.422 e. The van der Waals surface area contributed by atoms with Crippen LogP contribution in [0.25, 0.3) is 0 Å². The summed E-state index contributed by atoms with van der Waals surface area (Å²) in [5.41, 5.74) is 2.76. The molecule has 0 amide bonds. The van der Waals surface area contributed by atoms with Crippen molar-refractivity contribution in [3.8, 4) is 5.75 Å². The van der Waals surface area contributed by atoms with E-state index in [1.54, 1.807) is 16.8 Å². The minimum atomic E-state index is -4.35. The van der Waals surface area contributed by atoms with Crippen LogP contribution in [-0.4, -0.2) is 34.3 Å². The number of hydrogen-bond donors (Lipinski definition) is 2. The Morgan fingerprint density at radius 2 is 1.88 bits per heavy atom. The van der Waals surface area contributed by atoms with Gasteiger partial charge in [0, 0.05) is 12.1 Å². The van der Waals surface area contributed by atoms with E-state index >= 15 is 0 Å². The van der Waals surface area contributed by atoms with Crippen molar-refractivity contribution >= 4 is 5.82 Å². The van der Waals surface area contributed by atoms with Crippen LogP contribution in [0.15, 0.2) is 24.3 Å². The number of rotatable bonds is 7. The second-order valence-electron chi connectivity index (χ2n) is 5.41. The van der Waals surface area contributed by atoms with Crippen LogP contribution in [0.2, 0.25) is 0 Å². The summed E-state index contributed by atoms with van der Waals surface area (Å²) in [5, 5.41) is 16.7. The second-order valence-corrected chi connectivity index (χ2v) is 5.41. The first-order valence-corrected chi connectivity index (χ1v) is 7.47. The lowest BCUT2D eigenvalue weighted by Gasteiger charge is -2.12. The number of aliphatic hydroxyl groups is 1. The fourth-order valence-electron chi connectivity index (χ4n) is 2.21. The van der Waals surface area contributed by atoms with Crippen LogP contribution in [0.4, 0.5) is 19.0 Å². The predicted molar refractivity (Wildman–Crippen MR) is 84.1 cm³/mol. The van der Waals surface area contributed by atoms with Crippen molar-refractivity contribution in [1.82, 2.24) is 9.78 Å². The van der Waals surface area contributed by atoms with Crippen LogP contribution in [0.1, 0.15) is 16.8 Å². The van der Waals surface area contributed by atoms with Crippen molar-refractivity contribution in [1.29, 1.82) is 0 Å². The monoisotopic (exact) mass is 343 g/mol. The third kappa shape index (κ3) is 4.89. The lowest BCUT2D eigenvalue weighted by molar-refractivity contribution is -0.153. The zero-order valence-electron chi connectivity index (χ0n) is 13.5. The van der Waals surface area contributed by atoms with Gasteiger partial charge in [-0.05, 0) is 31.5 Å². The number of benzene rings is 1. The normalized spacial score (nSPS) is 11.6. The highest BCUT2D eigenvalue weighted by Crippen LogP contribution is 2.21. The van der Waals surface area contributed by atoms with Gasteiger partial charge in [-0.3, -0.25) is 0 Å². The van der Waals surface area contributed by atoms with E-state index in [4.69, 9.17) is 5.11 Å². The maximum atomic E-state index is 12.1. The molecule has 24 heavy (non-hydrogen) atoms. The Hall–Kier alpha value is -2.22. The maximum Gasteiger partial charge on any atom is 0.422 e. The van der Waals surface area contributed by atoms with Crippen LogP contribution in [0.3, 0.4) is 0 Å². The van der Waals surface area contributed by atoms with E-state index < -0.39 is 12.8 Å². The standard InChI is InChI=1S/C16H20F3N3O2/c1-11-12(2)21-22(7-8-23)15(11)20-9-13-3-5-14(6-4-13)24-10-16(17,18)19/h3-6,20,23H,7-10H2,1-2H3. The number of aliphatic hydroxyl groups excluding tert-OH is 1. The molecule has 0 aliphatic heterocycles. The van der Waals surface area contributed by atoms with Gasteiger partial charge in [0.05, 0.1) is 18.8 Å². The third-order valence-corrected chi connectivity index (χ3v) is 3.52. The van der Waals surface area contributed by atoms with Gasteiger partial charge in [-0.25, -0.2) is 4.68 Å². The van der Waals surface area contributed by atoms with Crippen molar-refractivity contribution in [3.63, 3.8) is 0 Å². The molecule has 2 rings (SSSR count). The lowest BCUT2D eigenvalue weighted by Crippen LogP contribution is -2.19. The summed E-state index contributed by atoms with van der Waals surface area (Å²) in [5.74, 6) is 0.993. The fourth-order valence-corrected chi connectivity index (χ4v) is 2.21. The molecule has 1 aromatic carbocycles. The highest BCUT2D eigenvalue weighted by atomic mass is 19.4. The fraction of sp³-hybridized carbons (Fsp3) is 0.438. The topological polar surface area (TPSA) is 59.3 Å². The van der Waals surface area contributed by atoms with Crippen molar-refractivity contribution in [2.45, 2.75) is 33.1 Å². The molecule has 0 bridgehead atoms. The van der Waals surface area contributed by atoms with Gasteiger partial charge < -0.3 is 15.2 Å². The molecule has 2 N–H and O–H groups in total. The van der Waals surface area contributed by atoms with Gasteiger partial charge in [0.25, 0.3) is 0 Å². The number of hydrogen-bond acceptors (Lipinski definition) is 4. The maximum absolute atomic E-state index is 12.1. The molecule has 0 saturated carbocycles. The molecule has 0 fully saturated rings. The zero-order chi connectivity index (χ0) is 17.7. The summed E-state index contributed by atoms with van der Waals surface area (Å²) < 4.78 is 42.7. The Bertz CT molecular complexity index is 666. The molecule has 0 spiro atoms. The quantitative estimate of drug-likeness (QED) is 0.811.